The summed E-state index contributed by atoms with van der Waals surface area (Å²) in [5.74, 6) is 0.0934. The standard InChI is InChI=1S/C26H25BrFNO2/c1-17(2)21-14-20-10-13-24(19-8-11-22(28)12-9-19)29(25(20)23(27)15-21)26(30)31-16-18-6-4-3-5-7-18/h3-9,11-12,14-15,17,24H,10,13,16H2,1-2H3. The fourth-order valence-electron chi connectivity index (χ4n) is 4.06. The van der Waals surface area contributed by atoms with E-state index in [1.807, 2.05) is 30.3 Å². The summed E-state index contributed by atoms with van der Waals surface area (Å²) in [6, 6.07) is 20.0. The molecule has 1 aliphatic rings. The molecular formula is C26H25BrFNO2. The first-order valence-electron chi connectivity index (χ1n) is 10.5. The lowest BCUT2D eigenvalue weighted by Gasteiger charge is -2.38. The molecular weight excluding hydrogens is 457 g/mol. The molecule has 160 valence electrons. The molecule has 1 aliphatic heterocycles. The lowest BCUT2D eigenvalue weighted by Crippen LogP contribution is -2.39. The van der Waals surface area contributed by atoms with Crippen molar-refractivity contribution in [2.24, 2.45) is 0 Å². The molecule has 5 heteroatoms. The van der Waals surface area contributed by atoms with Crippen LogP contribution in [0, 0.1) is 5.82 Å². The quantitative estimate of drug-likeness (QED) is 0.385. The van der Waals surface area contributed by atoms with Crippen LogP contribution in [0.2, 0.25) is 0 Å². The molecule has 0 aromatic heterocycles. The van der Waals surface area contributed by atoms with Crippen LogP contribution in [-0.4, -0.2) is 6.09 Å². The van der Waals surface area contributed by atoms with Gasteiger partial charge in [0, 0.05) is 4.47 Å². The van der Waals surface area contributed by atoms with Gasteiger partial charge in [0.1, 0.15) is 12.4 Å². The van der Waals surface area contributed by atoms with Crippen molar-refractivity contribution in [2.45, 2.75) is 45.3 Å². The van der Waals surface area contributed by atoms with Crippen molar-refractivity contribution >= 4 is 27.7 Å². The molecule has 0 radical (unpaired) electrons. The summed E-state index contributed by atoms with van der Waals surface area (Å²) in [6.45, 7) is 4.51. The lowest BCUT2D eigenvalue weighted by molar-refractivity contribution is 0.143. The van der Waals surface area contributed by atoms with Crippen molar-refractivity contribution in [3.8, 4) is 0 Å². The summed E-state index contributed by atoms with van der Waals surface area (Å²) >= 11 is 3.71. The maximum absolute atomic E-state index is 13.5. The zero-order valence-corrected chi connectivity index (χ0v) is 19.2. The van der Waals surface area contributed by atoms with Gasteiger partial charge in [0.25, 0.3) is 0 Å². The van der Waals surface area contributed by atoms with Gasteiger partial charge in [-0.3, -0.25) is 4.90 Å². The Kier molecular flexibility index (Phi) is 6.42. The summed E-state index contributed by atoms with van der Waals surface area (Å²) in [6.07, 6.45) is 1.17. The highest BCUT2D eigenvalue weighted by Gasteiger charge is 2.35. The van der Waals surface area contributed by atoms with Crippen LogP contribution >= 0.6 is 15.9 Å². The molecule has 4 rings (SSSR count). The Bertz CT molecular complexity index is 1070. The molecule has 1 heterocycles. The second-order valence-electron chi connectivity index (χ2n) is 8.18. The second-order valence-corrected chi connectivity index (χ2v) is 9.04. The summed E-state index contributed by atoms with van der Waals surface area (Å²) in [5, 5.41) is 0. The number of aryl methyl sites for hydroxylation is 1. The van der Waals surface area contributed by atoms with Crippen molar-refractivity contribution in [3.63, 3.8) is 0 Å². The number of carbonyl (C=O) groups excluding carboxylic acids is 1. The van der Waals surface area contributed by atoms with Gasteiger partial charge < -0.3 is 4.74 Å². The molecule has 0 N–H and O–H groups in total. The number of nitrogens with zero attached hydrogens (tertiary/aromatic N) is 1. The Morgan fingerprint density at radius 1 is 1.13 bits per heavy atom. The fraction of sp³-hybridized carbons (Fsp3) is 0.269. The number of halogens is 2. The van der Waals surface area contributed by atoms with Gasteiger partial charge in [-0.15, -0.1) is 0 Å². The summed E-state index contributed by atoms with van der Waals surface area (Å²) in [7, 11) is 0. The average molecular weight is 482 g/mol. The van der Waals surface area contributed by atoms with E-state index < -0.39 is 6.09 Å². The first-order valence-corrected chi connectivity index (χ1v) is 11.3. The Hall–Kier alpha value is -2.66. The van der Waals surface area contributed by atoms with E-state index in [9.17, 15) is 9.18 Å². The third-order valence-electron chi connectivity index (χ3n) is 5.73. The number of rotatable bonds is 4. The van der Waals surface area contributed by atoms with Gasteiger partial charge in [-0.1, -0.05) is 62.4 Å². The maximum Gasteiger partial charge on any atom is 0.415 e. The smallest absolute Gasteiger partial charge is 0.415 e. The summed E-state index contributed by atoms with van der Waals surface area (Å²) < 4.78 is 20.1. The Morgan fingerprint density at radius 2 is 1.84 bits per heavy atom. The molecule has 0 aliphatic carbocycles. The van der Waals surface area contributed by atoms with Crippen molar-refractivity contribution < 1.29 is 13.9 Å². The molecule has 0 saturated heterocycles. The van der Waals surface area contributed by atoms with Crippen molar-refractivity contribution in [2.75, 3.05) is 4.90 Å². The van der Waals surface area contributed by atoms with Crippen molar-refractivity contribution in [3.05, 3.63) is 99.3 Å². The van der Waals surface area contributed by atoms with E-state index in [4.69, 9.17) is 4.74 Å². The highest BCUT2D eigenvalue weighted by atomic mass is 79.9. The first-order chi connectivity index (χ1) is 14.9. The third-order valence-corrected chi connectivity index (χ3v) is 6.33. The molecule has 0 saturated carbocycles. The molecule has 1 unspecified atom stereocenters. The molecule has 0 spiro atoms. The van der Waals surface area contributed by atoms with Gasteiger partial charge in [0.15, 0.2) is 0 Å². The number of hydrogen-bond donors (Lipinski definition) is 0. The molecule has 3 nitrogen and oxygen atoms in total. The second kappa shape index (κ2) is 9.23. The minimum Gasteiger partial charge on any atom is -0.444 e. The lowest BCUT2D eigenvalue weighted by atomic mass is 9.89. The Labute approximate surface area is 191 Å². The van der Waals surface area contributed by atoms with E-state index in [0.717, 1.165) is 39.7 Å². The Balaban J connectivity index is 1.72. The highest BCUT2D eigenvalue weighted by Crippen LogP contribution is 2.44. The topological polar surface area (TPSA) is 29.5 Å². The highest BCUT2D eigenvalue weighted by molar-refractivity contribution is 9.10. The number of fused-ring (bicyclic) bond motifs is 1. The number of anilines is 1. The third kappa shape index (κ3) is 4.67. The number of benzene rings is 3. The van der Waals surface area contributed by atoms with Gasteiger partial charge in [0.2, 0.25) is 0 Å². The molecule has 31 heavy (non-hydrogen) atoms. The normalized spacial score (nSPS) is 15.6. The minimum absolute atomic E-state index is 0.198. The zero-order valence-electron chi connectivity index (χ0n) is 17.6. The predicted molar refractivity (Wildman–Crippen MR) is 125 cm³/mol. The van der Waals surface area contributed by atoms with Crippen LogP contribution in [0.15, 0.2) is 71.2 Å². The van der Waals surface area contributed by atoms with Crippen LogP contribution in [-0.2, 0) is 17.8 Å². The van der Waals surface area contributed by atoms with Gasteiger partial charge >= 0.3 is 6.09 Å². The van der Waals surface area contributed by atoms with E-state index in [1.54, 1.807) is 17.0 Å². The fourth-order valence-corrected chi connectivity index (χ4v) is 4.77. The summed E-state index contributed by atoms with van der Waals surface area (Å²) in [4.78, 5) is 15.1. The van der Waals surface area contributed by atoms with E-state index in [-0.39, 0.29) is 18.5 Å². The largest absolute Gasteiger partial charge is 0.444 e. The molecule has 1 atom stereocenters. The van der Waals surface area contributed by atoms with Gasteiger partial charge in [-0.25, -0.2) is 9.18 Å². The van der Waals surface area contributed by atoms with Crippen LogP contribution in [0.25, 0.3) is 0 Å². The van der Waals surface area contributed by atoms with Crippen LogP contribution in [0.4, 0.5) is 14.9 Å². The van der Waals surface area contributed by atoms with E-state index in [2.05, 4.69) is 41.9 Å². The SMILES string of the molecule is CC(C)c1cc(Br)c2c(c1)CCC(c1ccc(F)cc1)N2C(=O)OCc1ccccc1. The minimum atomic E-state index is -0.405. The van der Waals surface area contributed by atoms with Gasteiger partial charge in [-0.05, 0) is 75.1 Å². The van der Waals surface area contributed by atoms with Crippen LogP contribution < -0.4 is 4.90 Å². The monoisotopic (exact) mass is 481 g/mol. The Morgan fingerprint density at radius 3 is 2.52 bits per heavy atom. The van der Waals surface area contributed by atoms with Crippen LogP contribution in [0.5, 0.6) is 0 Å². The molecule has 3 aromatic rings. The van der Waals surface area contributed by atoms with E-state index in [0.29, 0.717) is 5.92 Å². The van der Waals surface area contributed by atoms with E-state index >= 15 is 0 Å². The van der Waals surface area contributed by atoms with Crippen LogP contribution in [0.1, 0.15) is 54.5 Å². The number of amides is 1. The molecule has 3 aromatic carbocycles. The van der Waals surface area contributed by atoms with Gasteiger partial charge in [-0.2, -0.15) is 0 Å². The van der Waals surface area contributed by atoms with Crippen molar-refractivity contribution in [1.82, 2.24) is 0 Å². The number of hydrogen-bond acceptors (Lipinski definition) is 2. The first kappa shape index (κ1) is 21.6. The molecule has 0 bridgehead atoms. The molecule has 0 fully saturated rings. The average Bonchev–Trinajstić information content (AvgIpc) is 2.78. The number of ether oxygens (including phenoxy) is 1. The number of carbonyl (C=O) groups is 1. The van der Waals surface area contributed by atoms with Crippen LogP contribution in [0.3, 0.4) is 0 Å². The predicted octanol–water partition coefficient (Wildman–Crippen LogP) is 7.54. The van der Waals surface area contributed by atoms with E-state index in [1.165, 1.54) is 17.7 Å². The van der Waals surface area contributed by atoms with Crippen molar-refractivity contribution in [1.29, 1.82) is 0 Å². The maximum atomic E-state index is 13.5. The zero-order chi connectivity index (χ0) is 22.0. The summed E-state index contributed by atoms with van der Waals surface area (Å²) in [5.41, 5.74) is 5.00. The van der Waals surface area contributed by atoms with Gasteiger partial charge in [0.05, 0.1) is 11.7 Å². The molecule has 1 amide bonds.